The predicted molar refractivity (Wildman–Crippen MR) is 56.7 cm³/mol. The Labute approximate surface area is 95.8 Å². The SMILES string of the molecule is Nc1ccc(C(=O)N2CC(F)(F)C2)c(Cl)c1. The second-order valence-corrected chi connectivity index (χ2v) is 4.16. The zero-order valence-electron chi connectivity index (χ0n) is 8.21. The Morgan fingerprint density at radius 3 is 2.56 bits per heavy atom. The van der Waals surface area contributed by atoms with Crippen LogP contribution >= 0.6 is 11.6 Å². The number of nitrogens with zero attached hydrogens (tertiary/aromatic N) is 1. The van der Waals surface area contributed by atoms with Crippen LogP contribution in [0.25, 0.3) is 0 Å². The van der Waals surface area contributed by atoms with Crippen LogP contribution in [0.1, 0.15) is 10.4 Å². The summed E-state index contributed by atoms with van der Waals surface area (Å²) in [5, 5.41) is 0.181. The normalized spacial score (nSPS) is 18.1. The van der Waals surface area contributed by atoms with Gasteiger partial charge in [0.25, 0.3) is 11.8 Å². The molecule has 1 aliphatic heterocycles. The van der Waals surface area contributed by atoms with Crippen LogP contribution in [0.3, 0.4) is 0 Å². The summed E-state index contributed by atoms with van der Waals surface area (Å²) >= 11 is 5.81. The molecule has 0 aliphatic carbocycles. The summed E-state index contributed by atoms with van der Waals surface area (Å²) in [7, 11) is 0. The highest BCUT2D eigenvalue weighted by molar-refractivity contribution is 6.34. The maximum atomic E-state index is 12.6. The highest BCUT2D eigenvalue weighted by atomic mass is 35.5. The third kappa shape index (κ3) is 1.95. The molecule has 3 nitrogen and oxygen atoms in total. The third-order valence-corrected chi connectivity index (χ3v) is 2.67. The third-order valence-electron chi connectivity index (χ3n) is 2.36. The molecule has 6 heteroatoms. The molecule has 0 unspecified atom stereocenters. The van der Waals surface area contributed by atoms with Crippen molar-refractivity contribution in [3.8, 4) is 0 Å². The zero-order chi connectivity index (χ0) is 11.9. The molecule has 0 spiro atoms. The quantitative estimate of drug-likeness (QED) is 0.771. The predicted octanol–water partition coefficient (Wildman–Crippen LogP) is 2.01. The fourth-order valence-electron chi connectivity index (χ4n) is 1.53. The van der Waals surface area contributed by atoms with Gasteiger partial charge in [-0.05, 0) is 18.2 Å². The van der Waals surface area contributed by atoms with E-state index in [1.807, 2.05) is 0 Å². The molecule has 1 amide bonds. The molecule has 16 heavy (non-hydrogen) atoms. The van der Waals surface area contributed by atoms with Crippen LogP contribution in [-0.2, 0) is 0 Å². The van der Waals surface area contributed by atoms with Gasteiger partial charge in [0, 0.05) is 5.69 Å². The molecule has 2 rings (SSSR count). The summed E-state index contributed by atoms with van der Waals surface area (Å²) in [5.41, 5.74) is 6.09. The number of likely N-dealkylation sites (tertiary alicyclic amines) is 1. The minimum Gasteiger partial charge on any atom is -0.399 e. The molecule has 0 atom stereocenters. The van der Waals surface area contributed by atoms with Gasteiger partial charge in [-0.3, -0.25) is 4.79 Å². The molecule has 0 saturated carbocycles. The van der Waals surface area contributed by atoms with E-state index in [0.717, 1.165) is 4.90 Å². The summed E-state index contributed by atoms with van der Waals surface area (Å²) in [6.45, 7) is -1.10. The molecule has 2 N–H and O–H groups in total. The number of anilines is 1. The Morgan fingerprint density at radius 1 is 1.44 bits per heavy atom. The summed E-state index contributed by atoms with van der Waals surface area (Å²) in [4.78, 5) is 12.8. The Kier molecular flexibility index (Phi) is 2.50. The average molecular weight is 247 g/mol. The van der Waals surface area contributed by atoms with Crippen molar-refractivity contribution in [3.05, 3.63) is 28.8 Å². The van der Waals surface area contributed by atoms with Crippen LogP contribution in [0, 0.1) is 0 Å². The van der Waals surface area contributed by atoms with Crippen LogP contribution in [0.4, 0.5) is 14.5 Å². The van der Waals surface area contributed by atoms with E-state index in [0.29, 0.717) is 5.69 Å². The topological polar surface area (TPSA) is 46.3 Å². The first-order chi connectivity index (χ1) is 7.39. The maximum absolute atomic E-state index is 12.6. The number of nitrogens with two attached hydrogens (primary N) is 1. The number of hydrogen-bond acceptors (Lipinski definition) is 2. The van der Waals surface area contributed by atoms with Crippen LogP contribution in [-0.4, -0.2) is 29.8 Å². The Balaban J connectivity index is 2.16. The van der Waals surface area contributed by atoms with Crippen LogP contribution < -0.4 is 5.73 Å². The molecule has 1 aromatic rings. The van der Waals surface area contributed by atoms with Gasteiger partial charge in [0.2, 0.25) is 0 Å². The lowest BCUT2D eigenvalue weighted by Crippen LogP contribution is -2.58. The van der Waals surface area contributed by atoms with Crippen LogP contribution in [0.5, 0.6) is 0 Å². The van der Waals surface area contributed by atoms with Crippen molar-refractivity contribution < 1.29 is 13.6 Å². The van der Waals surface area contributed by atoms with E-state index >= 15 is 0 Å². The summed E-state index contributed by atoms with van der Waals surface area (Å²) in [6.07, 6.45) is 0. The highest BCUT2D eigenvalue weighted by Crippen LogP contribution is 2.30. The van der Waals surface area contributed by atoms with Crippen molar-refractivity contribution in [1.29, 1.82) is 0 Å². The van der Waals surface area contributed by atoms with Gasteiger partial charge < -0.3 is 10.6 Å². The number of carbonyl (C=O) groups is 1. The second kappa shape index (κ2) is 3.59. The molecular weight excluding hydrogens is 238 g/mol. The first-order valence-corrected chi connectivity index (χ1v) is 4.99. The Hall–Kier alpha value is -1.36. The molecule has 1 fully saturated rings. The van der Waals surface area contributed by atoms with E-state index in [2.05, 4.69) is 0 Å². The lowest BCUT2D eigenvalue weighted by atomic mass is 10.1. The van der Waals surface area contributed by atoms with Crippen molar-refractivity contribution in [2.45, 2.75) is 5.92 Å². The second-order valence-electron chi connectivity index (χ2n) is 3.76. The summed E-state index contributed by atoms with van der Waals surface area (Å²) in [6, 6.07) is 4.38. The van der Waals surface area contributed by atoms with Gasteiger partial charge in [-0.15, -0.1) is 0 Å². The van der Waals surface area contributed by atoms with Gasteiger partial charge in [0.05, 0.1) is 23.7 Å². The summed E-state index contributed by atoms with van der Waals surface area (Å²) in [5.74, 6) is -3.26. The first-order valence-electron chi connectivity index (χ1n) is 4.61. The standard InChI is InChI=1S/C10H9ClF2N2O/c11-8-3-6(14)1-2-7(8)9(16)15-4-10(12,13)5-15/h1-3H,4-5,14H2. The minimum absolute atomic E-state index is 0.181. The average Bonchev–Trinajstić information content (AvgIpc) is 2.13. The zero-order valence-corrected chi connectivity index (χ0v) is 8.97. The van der Waals surface area contributed by atoms with Crippen molar-refractivity contribution in [2.24, 2.45) is 0 Å². The van der Waals surface area contributed by atoms with Gasteiger partial charge in [0.1, 0.15) is 0 Å². The van der Waals surface area contributed by atoms with E-state index < -0.39 is 24.9 Å². The highest BCUT2D eigenvalue weighted by Gasteiger charge is 2.46. The van der Waals surface area contributed by atoms with E-state index in [4.69, 9.17) is 17.3 Å². The number of alkyl halides is 2. The lowest BCUT2D eigenvalue weighted by molar-refractivity contribution is -0.113. The molecule has 1 saturated heterocycles. The van der Waals surface area contributed by atoms with Crippen LogP contribution in [0.2, 0.25) is 5.02 Å². The monoisotopic (exact) mass is 246 g/mol. The van der Waals surface area contributed by atoms with Crippen molar-refractivity contribution in [3.63, 3.8) is 0 Å². The van der Waals surface area contributed by atoms with Gasteiger partial charge in [-0.25, -0.2) is 8.78 Å². The number of nitrogen functional groups attached to an aromatic ring is 1. The van der Waals surface area contributed by atoms with Gasteiger partial charge >= 0.3 is 0 Å². The molecule has 0 radical (unpaired) electrons. The Morgan fingerprint density at radius 2 is 2.06 bits per heavy atom. The van der Waals surface area contributed by atoms with E-state index in [1.54, 1.807) is 0 Å². The first kappa shape index (κ1) is 11.1. The number of rotatable bonds is 1. The molecule has 1 aromatic carbocycles. The lowest BCUT2D eigenvalue weighted by Gasteiger charge is -2.38. The number of hydrogen-bond donors (Lipinski definition) is 1. The fraction of sp³-hybridized carbons (Fsp3) is 0.300. The molecule has 1 aliphatic rings. The number of halogens is 3. The van der Waals surface area contributed by atoms with Crippen molar-refractivity contribution in [2.75, 3.05) is 18.8 Å². The van der Waals surface area contributed by atoms with Crippen LogP contribution in [0.15, 0.2) is 18.2 Å². The molecule has 0 bridgehead atoms. The van der Waals surface area contributed by atoms with Crippen molar-refractivity contribution >= 4 is 23.2 Å². The Bertz CT molecular complexity index is 442. The minimum atomic E-state index is -2.77. The molecule has 86 valence electrons. The smallest absolute Gasteiger partial charge is 0.282 e. The van der Waals surface area contributed by atoms with Gasteiger partial charge in [-0.1, -0.05) is 11.6 Å². The maximum Gasteiger partial charge on any atom is 0.282 e. The van der Waals surface area contributed by atoms with Gasteiger partial charge in [0.15, 0.2) is 0 Å². The summed E-state index contributed by atoms with van der Waals surface area (Å²) < 4.78 is 25.2. The molecule has 0 aromatic heterocycles. The van der Waals surface area contributed by atoms with Crippen molar-refractivity contribution in [1.82, 2.24) is 4.90 Å². The number of amides is 1. The van der Waals surface area contributed by atoms with E-state index in [9.17, 15) is 13.6 Å². The van der Waals surface area contributed by atoms with Gasteiger partial charge in [-0.2, -0.15) is 0 Å². The molecular formula is C10H9ClF2N2O. The molecule has 1 heterocycles. The van der Waals surface area contributed by atoms with E-state index in [1.165, 1.54) is 18.2 Å². The fourth-order valence-corrected chi connectivity index (χ4v) is 1.80. The number of carbonyl (C=O) groups excluding carboxylic acids is 1. The largest absolute Gasteiger partial charge is 0.399 e. The van der Waals surface area contributed by atoms with E-state index in [-0.39, 0.29) is 10.6 Å². The number of benzene rings is 1.